The quantitative estimate of drug-likeness (QED) is 0.339. The first-order valence-electron chi connectivity index (χ1n) is 14.0. The summed E-state index contributed by atoms with van der Waals surface area (Å²) >= 11 is 0. The van der Waals surface area contributed by atoms with Crippen molar-refractivity contribution in [1.29, 1.82) is 0 Å². The Morgan fingerprint density at radius 3 is 2.22 bits per heavy atom. The molecular formula is C33H38N4O4. The van der Waals surface area contributed by atoms with Crippen molar-refractivity contribution in [3.05, 3.63) is 108 Å². The third-order valence-corrected chi connectivity index (χ3v) is 7.40. The smallest absolute Gasteiger partial charge is 0.247 e. The number of likely N-dealkylation sites (N-methyl/N-ethyl adjacent to an activating group) is 1. The summed E-state index contributed by atoms with van der Waals surface area (Å²) in [6.45, 7) is 3.87. The van der Waals surface area contributed by atoms with E-state index in [1.54, 1.807) is 31.5 Å². The number of carbonyl (C=O) groups excluding carboxylic acids is 3. The average Bonchev–Trinajstić information content (AvgIpc) is 3.01. The highest BCUT2D eigenvalue weighted by atomic mass is 16.5. The summed E-state index contributed by atoms with van der Waals surface area (Å²) in [7, 11) is 1.71. The number of rotatable bonds is 8. The number of carbonyl (C=O) groups is 3. The maximum atomic E-state index is 14.1. The monoisotopic (exact) mass is 554 g/mol. The van der Waals surface area contributed by atoms with Crippen LogP contribution in [0.1, 0.15) is 43.1 Å². The van der Waals surface area contributed by atoms with Crippen molar-refractivity contribution in [2.24, 2.45) is 5.92 Å². The summed E-state index contributed by atoms with van der Waals surface area (Å²) in [5.41, 5.74) is 2.56. The number of fused-ring (bicyclic) bond motifs is 10. The SMILES string of the molecule is CC[C@H](C)[C@@H]1NC(=O)[C@H](NC(=O)[C@H](Cc2ccccc2)NC)[C@@H](c2ccccc2)Oc2ccc(cc2)/C=C\NC1=O. The molecule has 2 aliphatic heterocycles. The number of amides is 3. The second-order valence-electron chi connectivity index (χ2n) is 10.2. The average molecular weight is 555 g/mol. The predicted molar refractivity (Wildman–Crippen MR) is 160 cm³/mol. The number of hydrogen-bond acceptors (Lipinski definition) is 5. The number of ether oxygens (including phenoxy) is 1. The van der Waals surface area contributed by atoms with Crippen molar-refractivity contribution in [1.82, 2.24) is 21.3 Å². The van der Waals surface area contributed by atoms with Gasteiger partial charge >= 0.3 is 0 Å². The molecule has 8 nitrogen and oxygen atoms in total. The Kier molecular flexibility index (Phi) is 10.3. The van der Waals surface area contributed by atoms with Gasteiger partial charge in [-0.25, -0.2) is 0 Å². The zero-order valence-electron chi connectivity index (χ0n) is 23.7. The Labute approximate surface area is 241 Å². The highest BCUT2D eigenvalue weighted by molar-refractivity contribution is 5.94. The summed E-state index contributed by atoms with van der Waals surface area (Å²) in [5.74, 6) is -0.826. The molecule has 41 heavy (non-hydrogen) atoms. The molecule has 2 aliphatic rings. The predicted octanol–water partition coefficient (Wildman–Crippen LogP) is 3.75. The molecule has 0 aromatic heterocycles. The lowest BCUT2D eigenvalue weighted by Gasteiger charge is -2.32. The fourth-order valence-corrected chi connectivity index (χ4v) is 4.74. The Morgan fingerprint density at radius 2 is 1.59 bits per heavy atom. The minimum atomic E-state index is -1.14. The molecule has 0 aliphatic carbocycles. The van der Waals surface area contributed by atoms with Gasteiger partial charge in [0.2, 0.25) is 17.7 Å². The second-order valence-corrected chi connectivity index (χ2v) is 10.2. The van der Waals surface area contributed by atoms with Crippen LogP contribution in [0.3, 0.4) is 0 Å². The molecule has 8 heteroatoms. The van der Waals surface area contributed by atoms with E-state index in [1.165, 1.54) is 0 Å². The maximum Gasteiger partial charge on any atom is 0.247 e. The summed E-state index contributed by atoms with van der Waals surface area (Å²) in [6, 6.07) is 23.7. The van der Waals surface area contributed by atoms with Gasteiger partial charge in [-0.15, -0.1) is 0 Å². The molecule has 5 rings (SSSR count). The van der Waals surface area contributed by atoms with Crippen molar-refractivity contribution in [3.8, 4) is 5.75 Å². The van der Waals surface area contributed by atoms with Crippen LogP contribution in [-0.4, -0.2) is 42.9 Å². The Balaban J connectivity index is 1.75. The van der Waals surface area contributed by atoms with Gasteiger partial charge in [-0.05, 0) is 54.3 Å². The van der Waals surface area contributed by atoms with Gasteiger partial charge in [-0.2, -0.15) is 0 Å². The lowest BCUT2D eigenvalue weighted by atomic mass is 9.95. The van der Waals surface area contributed by atoms with Crippen LogP contribution in [-0.2, 0) is 20.8 Å². The van der Waals surface area contributed by atoms with Gasteiger partial charge in [-0.1, -0.05) is 93.1 Å². The lowest BCUT2D eigenvalue weighted by Crippen LogP contribution is -2.59. The van der Waals surface area contributed by atoms with E-state index in [0.717, 1.165) is 11.1 Å². The fraction of sp³-hybridized carbons (Fsp3) is 0.303. The van der Waals surface area contributed by atoms with Gasteiger partial charge in [0.25, 0.3) is 0 Å². The van der Waals surface area contributed by atoms with E-state index < -0.39 is 30.1 Å². The van der Waals surface area contributed by atoms with Crippen molar-refractivity contribution < 1.29 is 19.1 Å². The zero-order valence-corrected chi connectivity index (χ0v) is 23.7. The van der Waals surface area contributed by atoms with Gasteiger partial charge in [0.05, 0.1) is 6.04 Å². The normalized spacial score (nSPS) is 21.4. The topological polar surface area (TPSA) is 109 Å². The maximum absolute atomic E-state index is 14.1. The first-order valence-corrected chi connectivity index (χ1v) is 14.0. The molecule has 0 saturated carbocycles. The summed E-state index contributed by atoms with van der Waals surface area (Å²) in [4.78, 5) is 41.0. The van der Waals surface area contributed by atoms with Crippen LogP contribution in [0.25, 0.3) is 6.08 Å². The van der Waals surface area contributed by atoms with Crippen LogP contribution in [0, 0.1) is 5.92 Å². The third kappa shape index (κ3) is 7.83. The highest BCUT2D eigenvalue weighted by Gasteiger charge is 2.37. The molecule has 0 radical (unpaired) electrons. The Bertz CT molecular complexity index is 1330. The van der Waals surface area contributed by atoms with E-state index in [2.05, 4.69) is 21.3 Å². The molecule has 0 fully saturated rings. The molecule has 4 N–H and O–H groups in total. The van der Waals surface area contributed by atoms with Gasteiger partial charge in [0.1, 0.15) is 17.8 Å². The van der Waals surface area contributed by atoms with Gasteiger partial charge in [-0.3, -0.25) is 14.4 Å². The van der Waals surface area contributed by atoms with E-state index in [0.29, 0.717) is 24.2 Å². The van der Waals surface area contributed by atoms with Crippen LogP contribution >= 0.6 is 0 Å². The first-order chi connectivity index (χ1) is 19.9. The second kappa shape index (κ2) is 14.3. The van der Waals surface area contributed by atoms with Crippen molar-refractivity contribution in [3.63, 3.8) is 0 Å². The minimum Gasteiger partial charge on any atom is -0.483 e. The van der Waals surface area contributed by atoms with Crippen molar-refractivity contribution >= 4 is 23.8 Å². The number of hydrogen-bond donors (Lipinski definition) is 4. The van der Waals surface area contributed by atoms with E-state index in [1.807, 2.05) is 86.6 Å². The summed E-state index contributed by atoms with van der Waals surface area (Å²) < 4.78 is 6.44. The van der Waals surface area contributed by atoms with E-state index in [9.17, 15) is 14.4 Å². The molecule has 0 unspecified atom stereocenters. The molecule has 3 aromatic carbocycles. The molecule has 0 saturated heterocycles. The fourth-order valence-electron chi connectivity index (χ4n) is 4.74. The Morgan fingerprint density at radius 1 is 0.927 bits per heavy atom. The molecular weight excluding hydrogens is 516 g/mol. The van der Waals surface area contributed by atoms with Crippen LogP contribution in [0.2, 0.25) is 0 Å². The Hall–Kier alpha value is -4.43. The molecule has 3 aromatic rings. The summed E-state index contributed by atoms with van der Waals surface area (Å²) in [6.07, 6.45) is 3.57. The molecule has 0 spiro atoms. The van der Waals surface area contributed by atoms with E-state index in [4.69, 9.17) is 4.74 Å². The molecule has 5 atom stereocenters. The standard InChI is InChI=1S/C33H38N4O4/c1-4-22(2)28-32(39)35-20-19-23-15-17-26(18-16-23)41-30(25-13-9-6-10-14-25)29(33(40)36-28)37-31(38)27(34-3)21-24-11-7-5-8-12-24/h5-20,22,27-30,34H,4,21H2,1-3H3,(H,35,39)(H,36,40)(H,37,38)/b20-19-/t22-,27-,28-,29+,30+/m0/s1. The summed E-state index contributed by atoms with van der Waals surface area (Å²) in [5, 5.41) is 11.8. The van der Waals surface area contributed by atoms with Gasteiger partial charge in [0, 0.05) is 6.20 Å². The first kappa shape index (κ1) is 29.6. The molecule has 2 heterocycles. The highest BCUT2D eigenvalue weighted by Crippen LogP contribution is 2.27. The third-order valence-electron chi connectivity index (χ3n) is 7.40. The van der Waals surface area contributed by atoms with Crippen LogP contribution in [0.4, 0.5) is 0 Å². The van der Waals surface area contributed by atoms with E-state index in [-0.39, 0.29) is 17.7 Å². The minimum absolute atomic E-state index is 0.158. The zero-order chi connectivity index (χ0) is 29.2. The van der Waals surface area contributed by atoms with E-state index >= 15 is 0 Å². The molecule has 3 amide bonds. The van der Waals surface area contributed by atoms with Crippen molar-refractivity contribution in [2.75, 3.05) is 7.05 Å². The molecule has 2 bridgehead atoms. The van der Waals surface area contributed by atoms with Gasteiger partial charge in [0.15, 0.2) is 6.10 Å². The lowest BCUT2D eigenvalue weighted by molar-refractivity contribution is -0.135. The number of benzene rings is 3. The van der Waals surface area contributed by atoms with Crippen molar-refractivity contribution in [2.45, 2.75) is 50.9 Å². The van der Waals surface area contributed by atoms with Crippen LogP contribution in [0.5, 0.6) is 5.75 Å². The van der Waals surface area contributed by atoms with Gasteiger partial charge < -0.3 is 26.0 Å². The van der Waals surface area contributed by atoms with Crippen LogP contribution in [0.15, 0.2) is 91.1 Å². The largest absolute Gasteiger partial charge is 0.483 e. The number of nitrogens with one attached hydrogen (secondary N) is 4. The molecule has 214 valence electrons. The van der Waals surface area contributed by atoms with Crippen LogP contribution < -0.4 is 26.0 Å².